The monoisotopic (exact) mass is 323 g/mol. The largest absolute Gasteiger partial charge is 0.310 e. The van der Waals surface area contributed by atoms with Gasteiger partial charge >= 0.3 is 5.69 Å². The zero-order chi connectivity index (χ0) is 15.3. The maximum atomic E-state index is 12.0. The highest BCUT2D eigenvalue weighted by Crippen LogP contribution is 2.36. The van der Waals surface area contributed by atoms with Gasteiger partial charge in [-0.05, 0) is 27.1 Å². The molecule has 1 aromatic heterocycles. The van der Waals surface area contributed by atoms with E-state index in [-0.39, 0.29) is 21.4 Å². The first-order chi connectivity index (χ1) is 9.27. The Balaban J connectivity index is 2.80. The van der Waals surface area contributed by atoms with Crippen LogP contribution in [0.2, 0.25) is 0 Å². The van der Waals surface area contributed by atoms with Crippen molar-refractivity contribution < 1.29 is 13.3 Å². The zero-order valence-corrected chi connectivity index (χ0v) is 12.8. The average molecular weight is 323 g/mol. The summed E-state index contributed by atoms with van der Waals surface area (Å²) in [5.41, 5.74) is 1.77. The van der Waals surface area contributed by atoms with E-state index in [1.807, 2.05) is 19.0 Å². The van der Waals surface area contributed by atoms with Gasteiger partial charge in [0.25, 0.3) is 0 Å². The number of sulfonamides is 1. The SMILES string of the molecule is CN(C)CCCNS(=O)(=O)c1cc([N+](=O)[O-])c(NN)s1. The second-order valence-corrected chi connectivity index (χ2v) is 7.28. The molecule has 0 spiro atoms. The van der Waals surface area contributed by atoms with E-state index < -0.39 is 14.9 Å². The van der Waals surface area contributed by atoms with Crippen molar-refractivity contribution in [3.63, 3.8) is 0 Å². The lowest BCUT2D eigenvalue weighted by Gasteiger charge is -2.09. The minimum absolute atomic E-state index is 0.00339. The number of nitrogens with one attached hydrogen (secondary N) is 2. The van der Waals surface area contributed by atoms with Crippen LogP contribution in [-0.4, -0.2) is 45.4 Å². The summed E-state index contributed by atoms with van der Waals surface area (Å²) in [6, 6.07) is 0.994. The first-order valence-electron chi connectivity index (χ1n) is 5.67. The average Bonchev–Trinajstić information content (AvgIpc) is 2.79. The van der Waals surface area contributed by atoms with Crippen molar-refractivity contribution in [2.75, 3.05) is 32.6 Å². The Morgan fingerprint density at radius 2 is 2.15 bits per heavy atom. The van der Waals surface area contributed by atoms with Crippen LogP contribution in [-0.2, 0) is 10.0 Å². The minimum atomic E-state index is -3.75. The van der Waals surface area contributed by atoms with Crippen LogP contribution in [0, 0.1) is 10.1 Å². The summed E-state index contributed by atoms with van der Waals surface area (Å²) in [6.45, 7) is 1.00. The van der Waals surface area contributed by atoms with E-state index in [9.17, 15) is 18.5 Å². The maximum Gasteiger partial charge on any atom is 0.306 e. The molecule has 0 atom stereocenters. The number of anilines is 1. The molecule has 0 aliphatic rings. The summed E-state index contributed by atoms with van der Waals surface area (Å²) in [4.78, 5) is 12.0. The van der Waals surface area contributed by atoms with E-state index in [0.29, 0.717) is 6.42 Å². The molecule has 0 aromatic carbocycles. The van der Waals surface area contributed by atoms with Crippen molar-refractivity contribution in [3.8, 4) is 0 Å². The Kier molecular flexibility index (Phi) is 5.83. The van der Waals surface area contributed by atoms with Crippen LogP contribution in [0.3, 0.4) is 0 Å². The molecule has 0 unspecified atom stereocenters. The van der Waals surface area contributed by atoms with Gasteiger partial charge in [0, 0.05) is 12.6 Å². The molecular weight excluding hydrogens is 306 g/mol. The molecular formula is C9H17N5O4S2. The molecule has 20 heavy (non-hydrogen) atoms. The molecule has 0 radical (unpaired) electrons. The molecule has 0 aliphatic heterocycles. The number of hydrogen-bond acceptors (Lipinski definition) is 8. The minimum Gasteiger partial charge on any atom is -0.310 e. The van der Waals surface area contributed by atoms with E-state index in [2.05, 4.69) is 10.1 Å². The first-order valence-corrected chi connectivity index (χ1v) is 7.97. The number of hydrazine groups is 1. The number of rotatable bonds is 8. The second-order valence-electron chi connectivity index (χ2n) is 4.24. The molecule has 0 amide bonds. The lowest BCUT2D eigenvalue weighted by molar-refractivity contribution is -0.383. The Bertz CT molecular complexity index is 569. The smallest absolute Gasteiger partial charge is 0.306 e. The van der Waals surface area contributed by atoms with Gasteiger partial charge in [0.05, 0.1) is 4.92 Å². The van der Waals surface area contributed by atoms with Crippen molar-refractivity contribution in [2.45, 2.75) is 10.6 Å². The normalized spacial score (nSPS) is 11.8. The van der Waals surface area contributed by atoms with Gasteiger partial charge in [-0.15, -0.1) is 0 Å². The summed E-state index contributed by atoms with van der Waals surface area (Å²) < 4.78 is 26.2. The summed E-state index contributed by atoms with van der Waals surface area (Å²) in [5, 5.41) is 10.8. The number of nitro groups is 1. The highest BCUT2D eigenvalue weighted by atomic mass is 32.2. The van der Waals surface area contributed by atoms with E-state index in [1.165, 1.54) is 0 Å². The molecule has 1 rings (SSSR count). The third-order valence-electron chi connectivity index (χ3n) is 2.36. The van der Waals surface area contributed by atoms with Crippen molar-refractivity contribution in [3.05, 3.63) is 16.2 Å². The Labute approximate surface area is 120 Å². The topological polar surface area (TPSA) is 131 Å². The van der Waals surface area contributed by atoms with Crippen molar-refractivity contribution >= 4 is 32.0 Å². The third kappa shape index (κ3) is 4.38. The number of thiophene rings is 1. The number of nitrogens with zero attached hydrogens (tertiary/aromatic N) is 2. The Morgan fingerprint density at radius 1 is 1.50 bits per heavy atom. The van der Waals surface area contributed by atoms with E-state index >= 15 is 0 Å². The quantitative estimate of drug-likeness (QED) is 0.269. The molecule has 114 valence electrons. The second kappa shape index (κ2) is 6.95. The Hall–Kier alpha value is -1.27. The van der Waals surface area contributed by atoms with E-state index in [1.54, 1.807) is 0 Å². The van der Waals surface area contributed by atoms with Crippen LogP contribution in [0.1, 0.15) is 6.42 Å². The van der Waals surface area contributed by atoms with Gasteiger partial charge in [-0.3, -0.25) is 10.1 Å². The van der Waals surface area contributed by atoms with E-state index in [4.69, 9.17) is 5.84 Å². The standard InChI is InChI=1S/C9H17N5O4S2/c1-13(2)5-3-4-11-20(17,18)8-6-7(14(15)16)9(12-10)19-8/h6,11-12H,3-5,10H2,1-2H3. The zero-order valence-electron chi connectivity index (χ0n) is 11.1. The highest BCUT2D eigenvalue weighted by Gasteiger charge is 2.25. The molecule has 1 aromatic rings. The van der Waals surface area contributed by atoms with Gasteiger partial charge in [0.2, 0.25) is 10.0 Å². The van der Waals surface area contributed by atoms with Crippen LogP contribution in [0.25, 0.3) is 0 Å². The van der Waals surface area contributed by atoms with Crippen LogP contribution in [0.4, 0.5) is 10.7 Å². The van der Waals surface area contributed by atoms with Gasteiger partial charge in [-0.2, -0.15) is 0 Å². The summed E-state index contributed by atoms with van der Waals surface area (Å²) in [7, 11) is 0.0170. The van der Waals surface area contributed by atoms with Gasteiger partial charge in [0.15, 0.2) is 5.00 Å². The van der Waals surface area contributed by atoms with Crippen LogP contribution in [0.15, 0.2) is 10.3 Å². The van der Waals surface area contributed by atoms with Crippen molar-refractivity contribution in [2.24, 2.45) is 5.84 Å². The first kappa shape index (κ1) is 16.8. The predicted molar refractivity (Wildman–Crippen MR) is 77.1 cm³/mol. The predicted octanol–water partition coefficient (Wildman–Crippen LogP) is 0.172. The van der Waals surface area contributed by atoms with Crippen LogP contribution in [0.5, 0.6) is 0 Å². The van der Waals surface area contributed by atoms with Gasteiger partial charge in [-0.1, -0.05) is 11.3 Å². The molecule has 0 fully saturated rings. The fourth-order valence-corrected chi connectivity index (χ4v) is 3.76. The fraction of sp³-hybridized carbons (Fsp3) is 0.556. The fourth-order valence-electron chi connectivity index (χ4n) is 1.40. The summed E-state index contributed by atoms with van der Waals surface area (Å²) in [6.07, 6.45) is 0.641. The van der Waals surface area contributed by atoms with E-state index in [0.717, 1.165) is 23.9 Å². The molecule has 0 aliphatic carbocycles. The molecule has 0 saturated heterocycles. The lowest BCUT2D eigenvalue weighted by atomic mass is 10.4. The van der Waals surface area contributed by atoms with Gasteiger partial charge in [0.1, 0.15) is 4.21 Å². The molecule has 0 bridgehead atoms. The van der Waals surface area contributed by atoms with Crippen LogP contribution < -0.4 is 16.0 Å². The van der Waals surface area contributed by atoms with Crippen molar-refractivity contribution in [1.29, 1.82) is 0 Å². The maximum absolute atomic E-state index is 12.0. The van der Waals surface area contributed by atoms with Crippen molar-refractivity contribution in [1.82, 2.24) is 9.62 Å². The van der Waals surface area contributed by atoms with Gasteiger partial charge in [-0.25, -0.2) is 19.0 Å². The molecule has 4 N–H and O–H groups in total. The molecule has 11 heteroatoms. The Morgan fingerprint density at radius 3 is 2.60 bits per heavy atom. The third-order valence-corrected chi connectivity index (χ3v) is 5.35. The molecule has 9 nitrogen and oxygen atoms in total. The highest BCUT2D eigenvalue weighted by molar-refractivity contribution is 7.91. The number of nitrogens with two attached hydrogens (primary N) is 1. The summed E-state index contributed by atoms with van der Waals surface area (Å²) >= 11 is 0.720. The number of hydrogen-bond donors (Lipinski definition) is 3. The molecule has 1 heterocycles. The lowest BCUT2D eigenvalue weighted by Crippen LogP contribution is -2.26. The summed E-state index contributed by atoms with van der Waals surface area (Å²) in [5.74, 6) is 5.14. The molecule has 0 saturated carbocycles. The van der Waals surface area contributed by atoms with Gasteiger partial charge < -0.3 is 10.3 Å². The van der Waals surface area contributed by atoms with Crippen LogP contribution >= 0.6 is 11.3 Å². The number of nitrogen functional groups attached to an aromatic ring is 1.